The van der Waals surface area contributed by atoms with E-state index in [-0.39, 0.29) is 36.5 Å². The summed E-state index contributed by atoms with van der Waals surface area (Å²) in [5, 5.41) is 15.5. The number of nitrogens with zero attached hydrogens (tertiary/aromatic N) is 7. The molecular weight excluding hydrogens is 570 g/mol. The molecule has 236 valence electrons. The average Bonchev–Trinajstić information content (AvgIpc) is 3.87. The van der Waals surface area contributed by atoms with Gasteiger partial charge in [0.2, 0.25) is 17.7 Å². The lowest BCUT2D eigenvalue weighted by Crippen LogP contribution is -2.51. The van der Waals surface area contributed by atoms with Crippen molar-refractivity contribution in [3.63, 3.8) is 0 Å². The van der Waals surface area contributed by atoms with Gasteiger partial charge in [0.25, 0.3) is 0 Å². The van der Waals surface area contributed by atoms with Gasteiger partial charge < -0.3 is 20.9 Å². The summed E-state index contributed by atoms with van der Waals surface area (Å²) in [5.41, 5.74) is 12.2. The fraction of sp³-hybridized carbons (Fsp3) is 0.455. The molecule has 2 aromatic heterocycles. The van der Waals surface area contributed by atoms with Gasteiger partial charge in [-0.2, -0.15) is 5.10 Å². The first-order chi connectivity index (χ1) is 21.7. The molecule has 0 bridgehead atoms. The zero-order valence-electron chi connectivity index (χ0n) is 25.9. The number of nitrogens with two attached hydrogens (primary N) is 1. The van der Waals surface area contributed by atoms with E-state index in [1.807, 2.05) is 49.6 Å². The van der Waals surface area contributed by atoms with E-state index < -0.39 is 12.1 Å². The largest absolute Gasteiger partial charge is 0.350 e. The normalized spacial score (nSPS) is 18.9. The minimum absolute atomic E-state index is 0.0409. The first kappa shape index (κ1) is 30.4. The molecule has 3 N–H and O–H groups in total. The number of aryl methyl sites for hydroxylation is 2. The second-order valence-electron chi connectivity index (χ2n) is 12.4. The summed E-state index contributed by atoms with van der Waals surface area (Å²) in [7, 11) is 3.73. The van der Waals surface area contributed by atoms with Gasteiger partial charge in [-0.05, 0) is 66.8 Å². The Morgan fingerprint density at radius 2 is 1.78 bits per heavy atom. The van der Waals surface area contributed by atoms with E-state index in [0.29, 0.717) is 19.5 Å². The lowest BCUT2D eigenvalue weighted by Gasteiger charge is -2.27. The number of nitrogens with one attached hydrogen (secondary N) is 1. The zero-order valence-corrected chi connectivity index (χ0v) is 25.9. The number of likely N-dealkylation sites (tertiary alicyclic amines) is 2. The highest BCUT2D eigenvalue weighted by molar-refractivity contribution is 5.91. The molecule has 3 atom stereocenters. The third kappa shape index (κ3) is 6.90. The maximum Gasteiger partial charge on any atom is 0.243 e. The summed E-state index contributed by atoms with van der Waals surface area (Å²) in [6.07, 6.45) is 7.60. The van der Waals surface area contributed by atoms with E-state index in [1.165, 1.54) is 0 Å². The standard InChI is InChI=1S/C33H41N9O3/c1-39-21-26(19-36-39)25-8-5-22(6-9-25)15-24-17-30(32(44)35-18-23-7-11-29-28(16-23)37-38-40(29)2)42(20-24)33(45)27(34)10-12-31(43)41-13-3-4-14-41/h5-9,11,16,19,21,24,27,30H,3-4,10,12-15,17-18,20,34H2,1-2H3,(H,35,44)/t24-,27-,30+/m1/s1. The van der Waals surface area contributed by atoms with Gasteiger partial charge in [-0.1, -0.05) is 35.5 Å². The zero-order chi connectivity index (χ0) is 31.5. The van der Waals surface area contributed by atoms with Crippen LogP contribution in [0.5, 0.6) is 0 Å². The number of carbonyl (C=O) groups excluding carboxylic acids is 3. The van der Waals surface area contributed by atoms with Crippen LogP contribution >= 0.6 is 0 Å². The molecule has 2 aliphatic rings. The van der Waals surface area contributed by atoms with E-state index >= 15 is 0 Å². The van der Waals surface area contributed by atoms with Crippen LogP contribution in [0.3, 0.4) is 0 Å². The molecule has 2 aliphatic heterocycles. The van der Waals surface area contributed by atoms with Crippen molar-refractivity contribution in [3.05, 3.63) is 66.0 Å². The van der Waals surface area contributed by atoms with Gasteiger partial charge in [0.1, 0.15) is 11.6 Å². The minimum Gasteiger partial charge on any atom is -0.350 e. The second kappa shape index (κ2) is 13.2. The van der Waals surface area contributed by atoms with Crippen LogP contribution in [0, 0.1) is 5.92 Å². The topological polar surface area (TPSA) is 144 Å². The van der Waals surface area contributed by atoms with Crippen LogP contribution in [-0.2, 0) is 41.4 Å². The van der Waals surface area contributed by atoms with Gasteiger partial charge >= 0.3 is 0 Å². The second-order valence-corrected chi connectivity index (χ2v) is 12.4. The van der Waals surface area contributed by atoms with Crippen LogP contribution < -0.4 is 11.1 Å². The van der Waals surface area contributed by atoms with Crippen LogP contribution in [0.4, 0.5) is 0 Å². The SMILES string of the molecule is Cn1cc(-c2ccc(C[C@@H]3C[C@@H](C(=O)NCc4ccc5c(c4)nnn5C)N(C(=O)[C@H](N)CCC(=O)N4CCCC4)C3)cc2)cn1. The van der Waals surface area contributed by atoms with E-state index in [1.54, 1.807) is 14.3 Å². The van der Waals surface area contributed by atoms with Crippen molar-refractivity contribution >= 4 is 28.8 Å². The molecule has 0 spiro atoms. The number of fused-ring (bicyclic) bond motifs is 1. The minimum atomic E-state index is -0.844. The van der Waals surface area contributed by atoms with Gasteiger partial charge in [0.15, 0.2) is 0 Å². The Bertz CT molecular complexity index is 1670. The van der Waals surface area contributed by atoms with Gasteiger partial charge in [0.05, 0.1) is 17.8 Å². The van der Waals surface area contributed by atoms with Gasteiger partial charge in [-0.25, -0.2) is 4.68 Å². The highest BCUT2D eigenvalue weighted by Crippen LogP contribution is 2.29. The fourth-order valence-electron chi connectivity index (χ4n) is 6.54. The van der Waals surface area contributed by atoms with Gasteiger partial charge in [-0.15, -0.1) is 5.10 Å². The van der Waals surface area contributed by atoms with Crippen molar-refractivity contribution in [1.82, 2.24) is 39.9 Å². The molecule has 45 heavy (non-hydrogen) atoms. The van der Waals surface area contributed by atoms with Crippen LogP contribution in [0.1, 0.15) is 43.2 Å². The molecule has 0 saturated carbocycles. The Morgan fingerprint density at radius 1 is 1.02 bits per heavy atom. The number of benzene rings is 2. The van der Waals surface area contributed by atoms with E-state index in [9.17, 15) is 14.4 Å². The predicted octanol–water partition coefficient (Wildman–Crippen LogP) is 2.17. The molecule has 3 amide bonds. The molecule has 2 aromatic carbocycles. The maximum atomic E-state index is 13.7. The number of hydrogen-bond donors (Lipinski definition) is 2. The lowest BCUT2D eigenvalue weighted by atomic mass is 9.95. The maximum absolute atomic E-state index is 13.7. The third-order valence-electron chi connectivity index (χ3n) is 9.08. The van der Waals surface area contributed by atoms with Crippen molar-refractivity contribution in [2.75, 3.05) is 19.6 Å². The van der Waals surface area contributed by atoms with Crippen molar-refractivity contribution in [3.8, 4) is 11.1 Å². The molecule has 4 heterocycles. The Kier molecular flexibility index (Phi) is 8.92. The number of aromatic nitrogens is 5. The summed E-state index contributed by atoms with van der Waals surface area (Å²) in [5.74, 6) is -0.361. The Hall–Kier alpha value is -4.58. The monoisotopic (exact) mass is 611 g/mol. The molecule has 0 radical (unpaired) electrons. The molecule has 2 saturated heterocycles. The average molecular weight is 612 g/mol. The fourth-order valence-corrected chi connectivity index (χ4v) is 6.54. The third-order valence-corrected chi connectivity index (χ3v) is 9.08. The quantitative estimate of drug-likeness (QED) is 0.280. The number of carbonyl (C=O) groups is 3. The molecule has 4 aromatic rings. The number of rotatable bonds is 10. The summed E-state index contributed by atoms with van der Waals surface area (Å²) in [4.78, 5) is 43.4. The van der Waals surface area contributed by atoms with Crippen LogP contribution in [0.25, 0.3) is 22.2 Å². The first-order valence-corrected chi connectivity index (χ1v) is 15.7. The number of amides is 3. The predicted molar refractivity (Wildman–Crippen MR) is 169 cm³/mol. The van der Waals surface area contributed by atoms with Gasteiger partial charge in [0, 0.05) is 58.5 Å². The first-order valence-electron chi connectivity index (χ1n) is 15.7. The van der Waals surface area contributed by atoms with Crippen molar-refractivity contribution in [1.29, 1.82) is 0 Å². The molecule has 6 rings (SSSR count). The molecular formula is C33H41N9O3. The molecule has 2 fully saturated rings. The summed E-state index contributed by atoms with van der Waals surface area (Å²) < 4.78 is 3.48. The van der Waals surface area contributed by atoms with Crippen LogP contribution in [0.2, 0.25) is 0 Å². The van der Waals surface area contributed by atoms with E-state index in [0.717, 1.165) is 65.6 Å². The lowest BCUT2D eigenvalue weighted by molar-refractivity contribution is -0.140. The summed E-state index contributed by atoms with van der Waals surface area (Å²) >= 11 is 0. The van der Waals surface area contributed by atoms with Crippen LogP contribution in [-0.4, -0.2) is 84.0 Å². The Morgan fingerprint density at radius 3 is 2.51 bits per heavy atom. The Balaban J connectivity index is 1.13. The van der Waals surface area contributed by atoms with Crippen molar-refractivity contribution in [2.24, 2.45) is 25.7 Å². The van der Waals surface area contributed by atoms with E-state index in [4.69, 9.17) is 5.73 Å². The van der Waals surface area contributed by atoms with Crippen LogP contribution in [0.15, 0.2) is 54.9 Å². The number of hydrogen-bond acceptors (Lipinski definition) is 7. The summed E-state index contributed by atoms with van der Waals surface area (Å²) in [6, 6.07) is 12.6. The van der Waals surface area contributed by atoms with Gasteiger partial charge in [-0.3, -0.25) is 19.1 Å². The Labute approximate surface area is 262 Å². The highest BCUT2D eigenvalue weighted by Gasteiger charge is 2.41. The van der Waals surface area contributed by atoms with Crippen molar-refractivity contribution in [2.45, 2.75) is 57.2 Å². The molecule has 0 unspecified atom stereocenters. The highest BCUT2D eigenvalue weighted by atomic mass is 16.2. The van der Waals surface area contributed by atoms with Crippen molar-refractivity contribution < 1.29 is 14.4 Å². The molecule has 12 nitrogen and oxygen atoms in total. The molecule has 0 aliphatic carbocycles. The summed E-state index contributed by atoms with van der Waals surface area (Å²) in [6.45, 7) is 2.28. The van der Waals surface area contributed by atoms with E-state index in [2.05, 4.69) is 45.0 Å². The smallest absolute Gasteiger partial charge is 0.243 e. The molecule has 12 heteroatoms.